The molecule has 2 aromatic carbocycles. The van der Waals surface area contributed by atoms with Crippen LogP contribution >= 0.6 is 11.3 Å². The lowest BCUT2D eigenvalue weighted by molar-refractivity contribution is 0.104. The molecule has 0 amide bonds. The highest BCUT2D eigenvalue weighted by Gasteiger charge is 2.13. The molecule has 4 heteroatoms. The third kappa shape index (κ3) is 2.27. The zero-order valence-electron chi connectivity index (χ0n) is 9.69. The maximum atomic E-state index is 13.1. The molecule has 0 saturated heterocycles. The van der Waals surface area contributed by atoms with Gasteiger partial charge in [-0.3, -0.25) is 4.79 Å². The maximum absolute atomic E-state index is 13.1. The first kappa shape index (κ1) is 12.0. The molecule has 1 heterocycles. The molecule has 3 aromatic rings. The van der Waals surface area contributed by atoms with E-state index in [1.54, 1.807) is 18.2 Å². The van der Waals surface area contributed by atoms with Crippen molar-refractivity contribution < 1.29 is 13.6 Å². The van der Waals surface area contributed by atoms with E-state index in [2.05, 4.69) is 0 Å². The maximum Gasteiger partial charge on any atom is 0.203 e. The number of halogens is 2. The third-order valence-electron chi connectivity index (χ3n) is 2.79. The smallest absolute Gasteiger partial charge is 0.203 e. The van der Waals surface area contributed by atoms with E-state index in [1.807, 2.05) is 0 Å². The van der Waals surface area contributed by atoms with Gasteiger partial charge in [-0.25, -0.2) is 8.78 Å². The van der Waals surface area contributed by atoms with Crippen LogP contribution in [-0.4, -0.2) is 5.78 Å². The van der Waals surface area contributed by atoms with E-state index in [-0.39, 0.29) is 11.6 Å². The lowest BCUT2D eigenvalue weighted by atomic mass is 10.1. The topological polar surface area (TPSA) is 17.1 Å². The quantitative estimate of drug-likeness (QED) is 0.633. The highest BCUT2D eigenvalue weighted by atomic mass is 32.1. The number of benzene rings is 2. The molecule has 0 aliphatic carbocycles. The molecule has 0 spiro atoms. The van der Waals surface area contributed by atoms with Gasteiger partial charge in [0.1, 0.15) is 11.6 Å². The Kier molecular flexibility index (Phi) is 2.87. The number of ketones is 1. The van der Waals surface area contributed by atoms with Gasteiger partial charge in [-0.2, -0.15) is 0 Å². The third-order valence-corrected chi connectivity index (χ3v) is 3.90. The molecule has 0 saturated carbocycles. The van der Waals surface area contributed by atoms with Gasteiger partial charge in [-0.15, -0.1) is 11.3 Å². The monoisotopic (exact) mass is 274 g/mol. The Balaban J connectivity index is 2.06. The van der Waals surface area contributed by atoms with Crippen molar-refractivity contribution in [3.63, 3.8) is 0 Å². The van der Waals surface area contributed by atoms with Gasteiger partial charge in [0.15, 0.2) is 0 Å². The van der Waals surface area contributed by atoms with Crippen LogP contribution in [0.15, 0.2) is 48.5 Å². The van der Waals surface area contributed by atoms with Gasteiger partial charge in [0.05, 0.1) is 4.88 Å². The summed E-state index contributed by atoms with van der Waals surface area (Å²) in [5, 5.41) is 0.685. The minimum absolute atomic E-state index is 0.249. The Morgan fingerprint density at radius 3 is 2.53 bits per heavy atom. The van der Waals surface area contributed by atoms with Crippen LogP contribution in [-0.2, 0) is 0 Å². The number of fused-ring (bicyclic) bond motifs is 1. The summed E-state index contributed by atoms with van der Waals surface area (Å²) in [7, 11) is 0. The first-order valence-corrected chi connectivity index (χ1v) is 6.44. The SMILES string of the molecule is O=C(c1cccc(F)c1)c1cc2cc(F)ccc2s1. The van der Waals surface area contributed by atoms with Crippen molar-refractivity contribution >= 4 is 27.2 Å². The number of carbonyl (C=O) groups excluding carboxylic acids is 1. The summed E-state index contributed by atoms with van der Waals surface area (Å²) >= 11 is 1.28. The summed E-state index contributed by atoms with van der Waals surface area (Å²) < 4.78 is 27.0. The van der Waals surface area contributed by atoms with Gasteiger partial charge < -0.3 is 0 Å². The average Bonchev–Trinajstić information content (AvgIpc) is 2.80. The minimum atomic E-state index is -0.446. The van der Waals surface area contributed by atoms with E-state index in [9.17, 15) is 13.6 Å². The molecule has 0 aliphatic rings. The second-order valence-corrected chi connectivity index (χ2v) is 5.22. The van der Waals surface area contributed by atoms with Crippen LogP contribution in [0, 0.1) is 11.6 Å². The lowest BCUT2D eigenvalue weighted by Gasteiger charge is -1.97. The van der Waals surface area contributed by atoms with Crippen molar-refractivity contribution in [2.24, 2.45) is 0 Å². The van der Waals surface area contributed by atoms with Crippen LogP contribution in [0.25, 0.3) is 10.1 Å². The molecule has 1 nitrogen and oxygen atoms in total. The minimum Gasteiger partial charge on any atom is -0.288 e. The fourth-order valence-electron chi connectivity index (χ4n) is 1.90. The first-order chi connectivity index (χ1) is 9.13. The average molecular weight is 274 g/mol. The summed E-state index contributed by atoms with van der Waals surface area (Å²) in [6.07, 6.45) is 0. The lowest BCUT2D eigenvalue weighted by Crippen LogP contribution is -1.98. The Bertz CT molecular complexity index is 777. The van der Waals surface area contributed by atoms with Crippen molar-refractivity contribution in [3.8, 4) is 0 Å². The van der Waals surface area contributed by atoms with Crippen molar-refractivity contribution in [1.82, 2.24) is 0 Å². The molecule has 19 heavy (non-hydrogen) atoms. The fourth-order valence-corrected chi connectivity index (χ4v) is 2.90. The van der Waals surface area contributed by atoms with Crippen molar-refractivity contribution in [2.75, 3.05) is 0 Å². The summed E-state index contributed by atoms with van der Waals surface area (Å²) in [6.45, 7) is 0. The number of hydrogen-bond acceptors (Lipinski definition) is 2. The molecule has 0 N–H and O–H groups in total. The molecule has 0 fully saturated rings. The molecule has 0 aliphatic heterocycles. The van der Waals surface area contributed by atoms with Crippen molar-refractivity contribution in [2.45, 2.75) is 0 Å². The highest BCUT2D eigenvalue weighted by molar-refractivity contribution is 7.21. The van der Waals surface area contributed by atoms with Crippen LogP contribution < -0.4 is 0 Å². The number of hydrogen-bond donors (Lipinski definition) is 0. The van der Waals surface area contributed by atoms with E-state index in [0.717, 1.165) is 4.70 Å². The zero-order valence-corrected chi connectivity index (χ0v) is 10.5. The van der Waals surface area contributed by atoms with Gasteiger partial charge >= 0.3 is 0 Å². The number of thiophene rings is 1. The Hall–Kier alpha value is -2.07. The molecule has 0 unspecified atom stereocenters. The Morgan fingerprint density at radius 1 is 0.947 bits per heavy atom. The molecular weight excluding hydrogens is 266 g/mol. The standard InChI is InChI=1S/C15H8F2OS/c16-11-3-1-2-9(6-11)15(18)14-8-10-7-12(17)4-5-13(10)19-14/h1-8H. The summed E-state index contributed by atoms with van der Waals surface area (Å²) in [5.41, 5.74) is 0.298. The van der Waals surface area contributed by atoms with Gasteiger partial charge in [0, 0.05) is 10.3 Å². The van der Waals surface area contributed by atoms with Crippen LogP contribution in [0.3, 0.4) is 0 Å². The van der Waals surface area contributed by atoms with E-state index >= 15 is 0 Å². The van der Waals surface area contributed by atoms with Gasteiger partial charge in [-0.05, 0) is 41.8 Å². The zero-order chi connectivity index (χ0) is 13.4. The summed E-state index contributed by atoms with van der Waals surface area (Å²) in [4.78, 5) is 12.7. The number of carbonyl (C=O) groups is 1. The van der Waals surface area contributed by atoms with E-state index in [0.29, 0.717) is 15.8 Å². The highest BCUT2D eigenvalue weighted by Crippen LogP contribution is 2.28. The van der Waals surface area contributed by atoms with Crippen molar-refractivity contribution in [3.05, 3.63) is 70.6 Å². The van der Waals surface area contributed by atoms with Gasteiger partial charge in [0.25, 0.3) is 0 Å². The predicted molar refractivity (Wildman–Crippen MR) is 71.6 cm³/mol. The molecule has 1 aromatic heterocycles. The van der Waals surface area contributed by atoms with Crippen LogP contribution in [0.4, 0.5) is 8.78 Å². The second-order valence-electron chi connectivity index (χ2n) is 4.13. The molecule has 0 radical (unpaired) electrons. The summed E-state index contributed by atoms with van der Waals surface area (Å²) in [6, 6.07) is 11.6. The summed E-state index contributed by atoms with van der Waals surface area (Å²) in [5.74, 6) is -1.03. The van der Waals surface area contributed by atoms with E-state index in [1.165, 1.54) is 41.7 Å². The Morgan fingerprint density at radius 2 is 1.74 bits per heavy atom. The fraction of sp³-hybridized carbons (Fsp3) is 0. The van der Waals surface area contributed by atoms with Gasteiger partial charge in [0.2, 0.25) is 5.78 Å². The molecule has 94 valence electrons. The van der Waals surface area contributed by atoms with Crippen molar-refractivity contribution in [1.29, 1.82) is 0 Å². The normalized spacial score (nSPS) is 10.8. The molecule has 3 rings (SSSR count). The Labute approximate surface area is 112 Å². The first-order valence-electron chi connectivity index (χ1n) is 5.63. The van der Waals surface area contributed by atoms with E-state index < -0.39 is 5.82 Å². The number of rotatable bonds is 2. The van der Waals surface area contributed by atoms with Crippen LogP contribution in [0.5, 0.6) is 0 Å². The molecule has 0 bridgehead atoms. The molecular formula is C15H8F2OS. The van der Waals surface area contributed by atoms with E-state index in [4.69, 9.17) is 0 Å². The largest absolute Gasteiger partial charge is 0.288 e. The van der Waals surface area contributed by atoms with Crippen LogP contribution in [0.1, 0.15) is 15.2 Å². The van der Waals surface area contributed by atoms with Crippen LogP contribution in [0.2, 0.25) is 0 Å². The molecule has 0 atom stereocenters. The predicted octanol–water partition coefficient (Wildman–Crippen LogP) is 4.41. The second kappa shape index (κ2) is 4.55. The van der Waals surface area contributed by atoms with Gasteiger partial charge in [-0.1, -0.05) is 12.1 Å².